The topological polar surface area (TPSA) is 110 Å². The average molecular weight is 194 g/mol. The van der Waals surface area contributed by atoms with Crippen LogP contribution < -0.4 is 0 Å². The van der Waals surface area contributed by atoms with Crippen LogP contribution in [0.1, 0.15) is 6.92 Å². The van der Waals surface area contributed by atoms with Gasteiger partial charge in [0.05, 0.1) is 6.10 Å². The molecular formula is C7H14O6. The maximum atomic E-state index is 9.29. The van der Waals surface area contributed by atoms with E-state index in [0.29, 0.717) is 0 Å². The predicted octanol–water partition coefficient (Wildman–Crippen LogP) is -2.83. The maximum absolute atomic E-state index is 9.29. The average Bonchev–Trinajstić information content (AvgIpc) is 2.07. The Morgan fingerprint density at radius 1 is 1.00 bits per heavy atom. The number of hydrogen-bond donors (Lipinski definition) is 5. The van der Waals surface area contributed by atoms with Gasteiger partial charge in [0, 0.05) is 0 Å². The molecule has 1 aliphatic rings. The van der Waals surface area contributed by atoms with Gasteiger partial charge < -0.3 is 30.3 Å². The molecule has 6 nitrogen and oxygen atoms in total. The standard InChI is InChI=1S/C7H14O6/c1-2(8)6-4(10)3(9)5(11)7(12)13-6/h2-12H,1H3/t2-,3-,4+,5+,6+,7+/m1/s1. The molecule has 0 bridgehead atoms. The van der Waals surface area contributed by atoms with Crippen molar-refractivity contribution in [3.63, 3.8) is 0 Å². The van der Waals surface area contributed by atoms with Crippen LogP contribution in [0.25, 0.3) is 0 Å². The summed E-state index contributed by atoms with van der Waals surface area (Å²) in [7, 11) is 0. The first-order valence-electron chi connectivity index (χ1n) is 4.01. The van der Waals surface area contributed by atoms with Crippen molar-refractivity contribution in [2.75, 3.05) is 0 Å². The molecule has 0 aromatic carbocycles. The van der Waals surface area contributed by atoms with Crippen molar-refractivity contribution in [1.29, 1.82) is 0 Å². The largest absolute Gasteiger partial charge is 0.391 e. The van der Waals surface area contributed by atoms with Crippen molar-refractivity contribution in [3.05, 3.63) is 0 Å². The van der Waals surface area contributed by atoms with Crippen LogP contribution in [0.3, 0.4) is 0 Å². The molecule has 1 rings (SSSR count). The van der Waals surface area contributed by atoms with E-state index in [1.165, 1.54) is 6.92 Å². The van der Waals surface area contributed by atoms with Gasteiger partial charge in [0.2, 0.25) is 0 Å². The number of hydrogen-bond acceptors (Lipinski definition) is 6. The molecule has 0 amide bonds. The Labute approximate surface area is 75.0 Å². The molecule has 1 saturated heterocycles. The van der Waals surface area contributed by atoms with Crippen molar-refractivity contribution < 1.29 is 30.3 Å². The summed E-state index contributed by atoms with van der Waals surface area (Å²) in [6, 6.07) is 0. The molecule has 0 radical (unpaired) electrons. The zero-order valence-electron chi connectivity index (χ0n) is 7.11. The van der Waals surface area contributed by atoms with Gasteiger partial charge in [-0.1, -0.05) is 0 Å². The monoisotopic (exact) mass is 194 g/mol. The Bertz CT molecular complexity index is 172. The lowest BCUT2D eigenvalue weighted by atomic mass is 9.96. The third-order valence-corrected chi connectivity index (χ3v) is 2.10. The minimum atomic E-state index is -1.59. The molecule has 1 heterocycles. The normalized spacial score (nSPS) is 48.9. The number of aliphatic hydroxyl groups excluding tert-OH is 5. The predicted molar refractivity (Wildman–Crippen MR) is 40.6 cm³/mol. The van der Waals surface area contributed by atoms with Gasteiger partial charge >= 0.3 is 0 Å². The highest BCUT2D eigenvalue weighted by Crippen LogP contribution is 2.21. The minimum Gasteiger partial charge on any atom is -0.391 e. The highest BCUT2D eigenvalue weighted by atomic mass is 16.6. The second kappa shape index (κ2) is 3.87. The molecule has 0 unspecified atom stereocenters. The molecule has 0 saturated carbocycles. The summed E-state index contributed by atoms with van der Waals surface area (Å²) in [6.07, 6.45) is -8.18. The summed E-state index contributed by atoms with van der Waals surface area (Å²) >= 11 is 0. The Morgan fingerprint density at radius 2 is 1.54 bits per heavy atom. The third-order valence-electron chi connectivity index (χ3n) is 2.10. The maximum Gasteiger partial charge on any atom is 0.184 e. The Kier molecular flexibility index (Phi) is 3.23. The van der Waals surface area contributed by atoms with Crippen LogP contribution >= 0.6 is 0 Å². The highest BCUT2D eigenvalue weighted by molar-refractivity contribution is 4.90. The molecule has 78 valence electrons. The van der Waals surface area contributed by atoms with Gasteiger partial charge in [-0.2, -0.15) is 0 Å². The summed E-state index contributed by atoms with van der Waals surface area (Å²) in [5, 5.41) is 45.6. The first-order chi connectivity index (χ1) is 5.95. The molecule has 0 aromatic rings. The van der Waals surface area contributed by atoms with Gasteiger partial charge in [0.25, 0.3) is 0 Å². The van der Waals surface area contributed by atoms with Crippen LogP contribution in [0.2, 0.25) is 0 Å². The number of ether oxygens (including phenoxy) is 1. The first kappa shape index (κ1) is 10.8. The zero-order valence-corrected chi connectivity index (χ0v) is 7.11. The highest BCUT2D eigenvalue weighted by Gasteiger charge is 2.44. The zero-order chi connectivity index (χ0) is 10.2. The van der Waals surface area contributed by atoms with Crippen LogP contribution in [-0.4, -0.2) is 62.3 Å². The van der Waals surface area contributed by atoms with Gasteiger partial charge in [0.15, 0.2) is 6.29 Å². The summed E-state index contributed by atoms with van der Waals surface area (Å²) < 4.78 is 4.69. The number of aliphatic hydroxyl groups is 5. The van der Waals surface area contributed by atoms with Crippen molar-refractivity contribution in [1.82, 2.24) is 0 Å². The molecule has 6 atom stereocenters. The Balaban J connectivity index is 2.70. The smallest absolute Gasteiger partial charge is 0.184 e. The van der Waals surface area contributed by atoms with Crippen LogP contribution in [0.5, 0.6) is 0 Å². The van der Waals surface area contributed by atoms with Gasteiger partial charge in [-0.3, -0.25) is 0 Å². The van der Waals surface area contributed by atoms with Crippen LogP contribution in [-0.2, 0) is 4.74 Å². The summed E-state index contributed by atoms with van der Waals surface area (Å²) in [5.74, 6) is 0. The van der Waals surface area contributed by atoms with Crippen molar-refractivity contribution >= 4 is 0 Å². The van der Waals surface area contributed by atoms with Crippen LogP contribution in [0, 0.1) is 0 Å². The molecule has 0 aromatic heterocycles. The summed E-state index contributed by atoms with van der Waals surface area (Å²) in [4.78, 5) is 0. The summed E-state index contributed by atoms with van der Waals surface area (Å²) in [6.45, 7) is 1.35. The Morgan fingerprint density at radius 3 is 2.00 bits per heavy atom. The van der Waals surface area contributed by atoms with E-state index in [4.69, 9.17) is 15.3 Å². The van der Waals surface area contributed by atoms with E-state index in [0.717, 1.165) is 0 Å². The van der Waals surface area contributed by atoms with Gasteiger partial charge in [-0.05, 0) is 6.92 Å². The van der Waals surface area contributed by atoms with E-state index in [2.05, 4.69) is 4.74 Å². The van der Waals surface area contributed by atoms with E-state index in [1.54, 1.807) is 0 Å². The van der Waals surface area contributed by atoms with Gasteiger partial charge in [-0.25, -0.2) is 0 Å². The molecule has 0 aliphatic carbocycles. The van der Waals surface area contributed by atoms with E-state index in [9.17, 15) is 10.2 Å². The quantitative estimate of drug-likeness (QED) is 0.308. The van der Waals surface area contributed by atoms with E-state index in [-0.39, 0.29) is 0 Å². The molecule has 1 fully saturated rings. The Hall–Kier alpha value is -0.240. The van der Waals surface area contributed by atoms with E-state index in [1.807, 2.05) is 0 Å². The minimum absolute atomic E-state index is 1.04. The summed E-state index contributed by atoms with van der Waals surface area (Å²) in [5.41, 5.74) is 0. The lowest BCUT2D eigenvalue weighted by Gasteiger charge is -2.39. The van der Waals surface area contributed by atoms with Crippen LogP contribution in [0.4, 0.5) is 0 Å². The van der Waals surface area contributed by atoms with E-state index < -0.39 is 36.8 Å². The third kappa shape index (κ3) is 1.98. The lowest BCUT2D eigenvalue weighted by molar-refractivity contribution is -0.295. The molecule has 0 spiro atoms. The number of rotatable bonds is 1. The fourth-order valence-electron chi connectivity index (χ4n) is 1.29. The van der Waals surface area contributed by atoms with Crippen molar-refractivity contribution in [2.45, 2.75) is 43.7 Å². The molecule has 1 aliphatic heterocycles. The molecular weight excluding hydrogens is 180 g/mol. The van der Waals surface area contributed by atoms with Gasteiger partial charge in [0.1, 0.15) is 24.4 Å². The van der Waals surface area contributed by atoms with E-state index >= 15 is 0 Å². The van der Waals surface area contributed by atoms with Crippen molar-refractivity contribution in [3.8, 4) is 0 Å². The fraction of sp³-hybridized carbons (Fsp3) is 1.00. The van der Waals surface area contributed by atoms with Crippen LogP contribution in [0.15, 0.2) is 0 Å². The van der Waals surface area contributed by atoms with Gasteiger partial charge in [-0.15, -0.1) is 0 Å². The fourth-order valence-corrected chi connectivity index (χ4v) is 1.29. The second-order valence-electron chi connectivity index (χ2n) is 3.20. The molecule has 5 N–H and O–H groups in total. The molecule has 13 heavy (non-hydrogen) atoms. The second-order valence-corrected chi connectivity index (χ2v) is 3.20. The van der Waals surface area contributed by atoms with Crippen molar-refractivity contribution in [2.24, 2.45) is 0 Å². The lowest BCUT2D eigenvalue weighted by Crippen LogP contribution is -2.60. The SMILES string of the molecule is C[C@@H](O)[C@@H]1O[C@H](O)[C@@H](O)[C@H](O)[C@@H]1O. The molecule has 6 heteroatoms. The first-order valence-corrected chi connectivity index (χ1v) is 4.01.